The third-order valence-corrected chi connectivity index (χ3v) is 7.46. The Balaban J connectivity index is 1.47. The first-order valence-electron chi connectivity index (χ1n) is 13.1. The summed E-state index contributed by atoms with van der Waals surface area (Å²) in [6, 6.07) is 18.4. The topological polar surface area (TPSA) is 81.6 Å². The van der Waals surface area contributed by atoms with Crippen molar-refractivity contribution in [2.45, 2.75) is 26.4 Å². The Bertz CT molecular complexity index is 1640. The number of carbonyl (C=O) groups excluding carboxylic acids is 1. The Morgan fingerprint density at radius 1 is 1.02 bits per heavy atom. The number of anilines is 1. The lowest BCUT2D eigenvalue weighted by atomic mass is 9.90. The van der Waals surface area contributed by atoms with Crippen molar-refractivity contribution in [2.75, 3.05) is 25.6 Å². The molecule has 1 saturated heterocycles. The van der Waals surface area contributed by atoms with Crippen molar-refractivity contribution in [3.05, 3.63) is 105 Å². The van der Waals surface area contributed by atoms with Gasteiger partial charge in [-0.1, -0.05) is 30.3 Å². The average Bonchev–Trinajstić information content (AvgIpc) is 2.91. The van der Waals surface area contributed by atoms with E-state index in [0.29, 0.717) is 42.3 Å². The van der Waals surface area contributed by atoms with Crippen LogP contribution in [0.25, 0.3) is 22.3 Å². The number of halogens is 1. The monoisotopic (exact) mass is 541 g/mol. The predicted molar refractivity (Wildman–Crippen MR) is 154 cm³/mol. The normalized spacial score (nSPS) is 13.1. The van der Waals surface area contributed by atoms with Gasteiger partial charge < -0.3 is 24.7 Å². The van der Waals surface area contributed by atoms with E-state index in [-0.39, 0.29) is 23.0 Å². The standard InChI is InChI=1S/C32H32FN3O4/c1-19-23(21-14-28(33)27(30(15-21)39-4)16-34-22-17-40-18-22)8-5-9-24(19)25-10-6-12-29(20(25)2)35-31(37)26-11-7-13-36(3)32(26)38/h5-15,22,34H,16-18H2,1-4H3,(H,35,37). The first-order chi connectivity index (χ1) is 19.3. The van der Waals surface area contributed by atoms with Gasteiger partial charge in [0.05, 0.1) is 26.4 Å². The van der Waals surface area contributed by atoms with E-state index in [9.17, 15) is 9.59 Å². The van der Waals surface area contributed by atoms with Crippen LogP contribution in [0.3, 0.4) is 0 Å². The van der Waals surface area contributed by atoms with E-state index in [0.717, 1.165) is 27.8 Å². The van der Waals surface area contributed by atoms with Crippen LogP contribution in [0.1, 0.15) is 27.0 Å². The molecule has 1 amide bonds. The van der Waals surface area contributed by atoms with Crippen LogP contribution in [0.5, 0.6) is 5.75 Å². The molecule has 2 N–H and O–H groups in total. The molecule has 1 aliphatic heterocycles. The fraction of sp³-hybridized carbons (Fsp3) is 0.250. The number of pyridine rings is 1. The minimum absolute atomic E-state index is 0.0728. The molecule has 0 unspecified atom stereocenters. The highest BCUT2D eigenvalue weighted by atomic mass is 19.1. The Morgan fingerprint density at radius 3 is 2.42 bits per heavy atom. The summed E-state index contributed by atoms with van der Waals surface area (Å²) in [6.07, 6.45) is 1.61. The van der Waals surface area contributed by atoms with Crippen molar-refractivity contribution in [1.82, 2.24) is 9.88 Å². The number of amides is 1. The number of rotatable bonds is 8. The van der Waals surface area contributed by atoms with Crippen molar-refractivity contribution in [2.24, 2.45) is 7.05 Å². The van der Waals surface area contributed by atoms with Gasteiger partial charge in [0, 0.05) is 31.0 Å². The molecular weight excluding hydrogens is 509 g/mol. The maximum atomic E-state index is 15.3. The Labute approximate surface area is 232 Å². The van der Waals surface area contributed by atoms with Gasteiger partial charge in [0.1, 0.15) is 17.1 Å². The van der Waals surface area contributed by atoms with Crippen LogP contribution in [-0.4, -0.2) is 36.8 Å². The minimum Gasteiger partial charge on any atom is -0.496 e. The van der Waals surface area contributed by atoms with E-state index < -0.39 is 5.91 Å². The molecule has 0 bridgehead atoms. The molecule has 40 heavy (non-hydrogen) atoms. The zero-order chi connectivity index (χ0) is 28.4. The van der Waals surface area contributed by atoms with Gasteiger partial charge in [-0.2, -0.15) is 0 Å². The molecule has 7 nitrogen and oxygen atoms in total. The maximum absolute atomic E-state index is 15.3. The largest absolute Gasteiger partial charge is 0.496 e. The van der Waals surface area contributed by atoms with Gasteiger partial charge in [-0.05, 0) is 77.6 Å². The molecule has 0 aliphatic carbocycles. The van der Waals surface area contributed by atoms with Crippen LogP contribution in [0.15, 0.2) is 71.7 Å². The Morgan fingerprint density at radius 2 is 1.73 bits per heavy atom. The molecule has 1 aromatic heterocycles. The fourth-order valence-corrected chi connectivity index (χ4v) is 4.98. The number of aryl methyl sites for hydroxylation is 1. The lowest BCUT2D eigenvalue weighted by Crippen LogP contribution is -2.45. The molecule has 0 radical (unpaired) electrons. The number of ether oxygens (including phenoxy) is 2. The van der Waals surface area contributed by atoms with Crippen molar-refractivity contribution < 1.29 is 18.7 Å². The highest BCUT2D eigenvalue weighted by molar-refractivity contribution is 6.05. The summed E-state index contributed by atoms with van der Waals surface area (Å²) < 4.78 is 27.5. The first-order valence-corrected chi connectivity index (χ1v) is 13.1. The molecule has 1 aliphatic rings. The fourth-order valence-electron chi connectivity index (χ4n) is 4.98. The number of methoxy groups -OCH3 is 1. The van der Waals surface area contributed by atoms with Crippen LogP contribution in [0, 0.1) is 19.7 Å². The summed E-state index contributed by atoms with van der Waals surface area (Å²) in [5.74, 6) is -0.311. The van der Waals surface area contributed by atoms with Crippen molar-refractivity contribution in [1.29, 1.82) is 0 Å². The summed E-state index contributed by atoms with van der Waals surface area (Å²) in [4.78, 5) is 25.4. The number of nitrogens with one attached hydrogen (secondary N) is 2. The number of benzene rings is 3. The quantitative estimate of drug-likeness (QED) is 0.320. The molecule has 0 atom stereocenters. The van der Waals surface area contributed by atoms with Crippen LogP contribution in [0.2, 0.25) is 0 Å². The summed E-state index contributed by atoms with van der Waals surface area (Å²) in [5, 5.41) is 6.20. The van der Waals surface area contributed by atoms with Crippen LogP contribution in [-0.2, 0) is 18.3 Å². The van der Waals surface area contributed by atoms with Crippen molar-refractivity contribution in [3.8, 4) is 28.0 Å². The summed E-state index contributed by atoms with van der Waals surface area (Å²) >= 11 is 0. The van der Waals surface area contributed by atoms with Gasteiger partial charge in [-0.3, -0.25) is 9.59 Å². The molecule has 4 aromatic rings. The molecule has 8 heteroatoms. The predicted octanol–water partition coefficient (Wildman–Crippen LogP) is 5.22. The highest BCUT2D eigenvalue weighted by Crippen LogP contribution is 2.37. The second kappa shape index (κ2) is 11.5. The Kier molecular flexibility index (Phi) is 7.82. The number of hydrogen-bond donors (Lipinski definition) is 2. The lowest BCUT2D eigenvalue weighted by Gasteiger charge is -2.27. The second-order valence-corrected chi connectivity index (χ2v) is 10.0. The molecule has 0 saturated carbocycles. The zero-order valence-electron chi connectivity index (χ0n) is 23.0. The number of carbonyl (C=O) groups is 1. The Hall–Kier alpha value is -4.27. The molecule has 0 spiro atoms. The molecule has 5 rings (SSSR count). The van der Waals surface area contributed by atoms with Crippen molar-refractivity contribution in [3.63, 3.8) is 0 Å². The number of hydrogen-bond acceptors (Lipinski definition) is 5. The van der Waals surface area contributed by atoms with Crippen LogP contribution in [0.4, 0.5) is 10.1 Å². The molecule has 206 valence electrons. The molecule has 1 fully saturated rings. The third kappa shape index (κ3) is 5.28. The molecular formula is C32H32FN3O4. The number of nitrogens with zero attached hydrogens (tertiary/aromatic N) is 1. The van der Waals surface area contributed by atoms with E-state index in [1.54, 1.807) is 32.5 Å². The maximum Gasteiger partial charge on any atom is 0.263 e. The molecule has 2 heterocycles. The average molecular weight is 542 g/mol. The van der Waals surface area contributed by atoms with Crippen molar-refractivity contribution >= 4 is 11.6 Å². The second-order valence-electron chi connectivity index (χ2n) is 10.0. The highest BCUT2D eigenvalue weighted by Gasteiger charge is 2.21. The van der Waals surface area contributed by atoms with Gasteiger partial charge in [0.2, 0.25) is 0 Å². The van der Waals surface area contributed by atoms with E-state index in [1.165, 1.54) is 10.6 Å². The van der Waals surface area contributed by atoms with Gasteiger partial charge in [-0.25, -0.2) is 4.39 Å². The van der Waals surface area contributed by atoms with Crippen LogP contribution >= 0.6 is 0 Å². The minimum atomic E-state index is -0.464. The van der Waals surface area contributed by atoms with E-state index in [1.807, 2.05) is 56.3 Å². The zero-order valence-corrected chi connectivity index (χ0v) is 23.0. The number of aromatic nitrogens is 1. The summed E-state index contributed by atoms with van der Waals surface area (Å²) in [5.41, 5.74) is 6.10. The van der Waals surface area contributed by atoms with Gasteiger partial charge in [0.15, 0.2) is 0 Å². The lowest BCUT2D eigenvalue weighted by molar-refractivity contribution is -0.00595. The smallest absolute Gasteiger partial charge is 0.263 e. The van der Waals surface area contributed by atoms with E-state index in [2.05, 4.69) is 10.6 Å². The summed E-state index contributed by atoms with van der Waals surface area (Å²) in [7, 11) is 3.16. The van der Waals surface area contributed by atoms with Crippen LogP contribution < -0.4 is 20.9 Å². The van der Waals surface area contributed by atoms with Gasteiger partial charge in [-0.15, -0.1) is 0 Å². The van der Waals surface area contributed by atoms with E-state index in [4.69, 9.17) is 9.47 Å². The SMILES string of the molecule is COc1cc(-c2cccc(-c3cccc(NC(=O)c4cccn(C)c4=O)c3C)c2C)cc(F)c1CNC1COC1. The third-order valence-electron chi connectivity index (χ3n) is 7.46. The van der Waals surface area contributed by atoms with E-state index >= 15 is 4.39 Å². The molecule has 3 aromatic carbocycles. The van der Waals surface area contributed by atoms with Gasteiger partial charge in [0.25, 0.3) is 11.5 Å². The van der Waals surface area contributed by atoms with Gasteiger partial charge >= 0.3 is 0 Å². The summed E-state index contributed by atoms with van der Waals surface area (Å²) in [6.45, 7) is 5.54. The first kappa shape index (κ1) is 27.3.